The van der Waals surface area contributed by atoms with Crippen LogP contribution in [0.3, 0.4) is 0 Å². The van der Waals surface area contributed by atoms with Gasteiger partial charge in [0.25, 0.3) is 6.02 Å². The summed E-state index contributed by atoms with van der Waals surface area (Å²) in [6.45, 7) is 6.49. The predicted octanol–water partition coefficient (Wildman–Crippen LogP) is 2.03. The first-order valence-electron chi connectivity index (χ1n) is 7.77. The summed E-state index contributed by atoms with van der Waals surface area (Å²) in [7, 11) is 0. The van der Waals surface area contributed by atoms with E-state index in [1.54, 1.807) is 0 Å². The lowest BCUT2D eigenvalue weighted by Crippen LogP contribution is -2.28. The van der Waals surface area contributed by atoms with Gasteiger partial charge in [-0.2, -0.15) is 0 Å². The third-order valence-electron chi connectivity index (χ3n) is 4.24. The van der Waals surface area contributed by atoms with Gasteiger partial charge < -0.3 is 15.8 Å². The lowest BCUT2D eigenvalue weighted by atomic mass is 9.93. The second kappa shape index (κ2) is 5.30. The second-order valence-electron chi connectivity index (χ2n) is 6.87. The lowest BCUT2D eigenvalue weighted by molar-refractivity contribution is -0.114. The number of anilines is 1. The summed E-state index contributed by atoms with van der Waals surface area (Å²) in [6, 6.07) is 4.46. The molecule has 3 rings (SSSR count). The van der Waals surface area contributed by atoms with Crippen molar-refractivity contribution < 1.29 is 9.53 Å². The number of nitrogens with zero attached hydrogens (tertiary/aromatic N) is 1. The fourth-order valence-electron chi connectivity index (χ4n) is 3.51. The molecule has 0 saturated heterocycles. The molecule has 0 aromatic heterocycles. The van der Waals surface area contributed by atoms with Crippen molar-refractivity contribution in [1.82, 2.24) is 0 Å². The molecule has 0 fully saturated rings. The van der Waals surface area contributed by atoms with Crippen molar-refractivity contribution >= 4 is 17.6 Å². The SMILES string of the molecule is CC(=O)Nc1cc(CC(C)C)c2c(c1)CC1(COC(N)=N1)C2. The van der Waals surface area contributed by atoms with Crippen molar-refractivity contribution in [3.05, 3.63) is 28.8 Å². The van der Waals surface area contributed by atoms with Crippen LogP contribution in [-0.4, -0.2) is 24.1 Å². The third kappa shape index (κ3) is 2.80. The molecule has 1 spiro atoms. The molecule has 1 aliphatic carbocycles. The highest BCUT2D eigenvalue weighted by Gasteiger charge is 2.42. The number of amides is 1. The predicted molar refractivity (Wildman–Crippen MR) is 87.0 cm³/mol. The maximum atomic E-state index is 11.4. The van der Waals surface area contributed by atoms with Crippen molar-refractivity contribution in [2.24, 2.45) is 16.6 Å². The van der Waals surface area contributed by atoms with E-state index in [0.29, 0.717) is 18.5 Å². The average Bonchev–Trinajstić information content (AvgIpc) is 2.91. The molecule has 1 unspecified atom stereocenters. The molecule has 1 aromatic carbocycles. The van der Waals surface area contributed by atoms with Crippen LogP contribution in [0.15, 0.2) is 17.1 Å². The summed E-state index contributed by atoms with van der Waals surface area (Å²) in [5.41, 5.74) is 10.2. The lowest BCUT2D eigenvalue weighted by Gasteiger charge is -2.16. The quantitative estimate of drug-likeness (QED) is 0.896. The van der Waals surface area contributed by atoms with Gasteiger partial charge in [0.15, 0.2) is 0 Å². The van der Waals surface area contributed by atoms with E-state index in [2.05, 4.69) is 36.3 Å². The number of hydrogen-bond donors (Lipinski definition) is 2. The van der Waals surface area contributed by atoms with E-state index in [-0.39, 0.29) is 11.4 Å². The van der Waals surface area contributed by atoms with Gasteiger partial charge >= 0.3 is 0 Å². The number of nitrogens with two attached hydrogens (primary N) is 1. The van der Waals surface area contributed by atoms with Crippen LogP contribution in [0.2, 0.25) is 0 Å². The Hall–Kier alpha value is -2.04. The van der Waals surface area contributed by atoms with Gasteiger partial charge in [0.2, 0.25) is 5.91 Å². The number of benzene rings is 1. The molecule has 0 radical (unpaired) electrons. The number of hydrogen-bond acceptors (Lipinski definition) is 4. The van der Waals surface area contributed by atoms with Gasteiger partial charge in [-0.25, -0.2) is 4.99 Å². The number of carbonyl (C=O) groups excluding carboxylic acids is 1. The summed E-state index contributed by atoms with van der Waals surface area (Å²) in [4.78, 5) is 15.9. The van der Waals surface area contributed by atoms with E-state index < -0.39 is 0 Å². The number of ether oxygens (including phenoxy) is 1. The average molecular weight is 301 g/mol. The van der Waals surface area contributed by atoms with Gasteiger partial charge in [-0.3, -0.25) is 4.79 Å². The zero-order chi connectivity index (χ0) is 15.9. The van der Waals surface area contributed by atoms with Crippen LogP contribution < -0.4 is 11.1 Å². The highest BCUT2D eigenvalue weighted by molar-refractivity contribution is 5.89. The zero-order valence-electron chi connectivity index (χ0n) is 13.4. The first-order chi connectivity index (χ1) is 10.4. The molecule has 118 valence electrons. The molecule has 1 aliphatic heterocycles. The molecule has 0 bridgehead atoms. The minimum atomic E-state index is -0.243. The monoisotopic (exact) mass is 301 g/mol. The number of fused-ring (bicyclic) bond motifs is 1. The topological polar surface area (TPSA) is 76.7 Å². The van der Waals surface area contributed by atoms with Gasteiger partial charge in [0.1, 0.15) is 12.1 Å². The number of aliphatic imine (C=N–C) groups is 1. The first-order valence-corrected chi connectivity index (χ1v) is 7.77. The van der Waals surface area contributed by atoms with E-state index in [4.69, 9.17) is 10.5 Å². The van der Waals surface area contributed by atoms with E-state index in [9.17, 15) is 4.79 Å². The molecule has 5 nitrogen and oxygen atoms in total. The van der Waals surface area contributed by atoms with Crippen LogP contribution in [0.25, 0.3) is 0 Å². The van der Waals surface area contributed by atoms with Gasteiger partial charge in [-0.05, 0) is 41.2 Å². The Bertz CT molecular complexity index is 652. The molecule has 2 aliphatic rings. The molecule has 0 saturated carbocycles. The van der Waals surface area contributed by atoms with Crippen molar-refractivity contribution in [3.63, 3.8) is 0 Å². The van der Waals surface area contributed by atoms with Crippen LogP contribution in [0.4, 0.5) is 5.69 Å². The Morgan fingerprint density at radius 2 is 2.23 bits per heavy atom. The molecule has 1 aromatic rings. The van der Waals surface area contributed by atoms with Crippen molar-refractivity contribution in [2.75, 3.05) is 11.9 Å². The van der Waals surface area contributed by atoms with Crippen molar-refractivity contribution in [3.8, 4) is 0 Å². The molecule has 1 atom stereocenters. The number of nitrogens with one attached hydrogen (secondary N) is 1. The van der Waals surface area contributed by atoms with Gasteiger partial charge in [-0.15, -0.1) is 0 Å². The van der Waals surface area contributed by atoms with Crippen molar-refractivity contribution in [1.29, 1.82) is 0 Å². The summed E-state index contributed by atoms with van der Waals surface area (Å²) in [5, 5.41) is 2.91. The summed E-state index contributed by atoms with van der Waals surface area (Å²) >= 11 is 0. The zero-order valence-corrected chi connectivity index (χ0v) is 13.4. The maximum Gasteiger partial charge on any atom is 0.282 e. The van der Waals surface area contributed by atoms with E-state index >= 15 is 0 Å². The van der Waals surface area contributed by atoms with Gasteiger partial charge in [-0.1, -0.05) is 13.8 Å². The molecular weight excluding hydrogens is 278 g/mol. The molecule has 1 heterocycles. The van der Waals surface area contributed by atoms with Crippen LogP contribution >= 0.6 is 0 Å². The number of carbonyl (C=O) groups is 1. The second-order valence-corrected chi connectivity index (χ2v) is 6.87. The van der Waals surface area contributed by atoms with Crippen LogP contribution in [-0.2, 0) is 28.8 Å². The Kier molecular flexibility index (Phi) is 3.59. The largest absolute Gasteiger partial charge is 0.463 e. The van der Waals surface area contributed by atoms with Crippen LogP contribution in [0, 0.1) is 5.92 Å². The summed E-state index contributed by atoms with van der Waals surface area (Å²) in [6.07, 6.45) is 2.68. The Balaban J connectivity index is 1.98. The summed E-state index contributed by atoms with van der Waals surface area (Å²) < 4.78 is 5.40. The van der Waals surface area contributed by atoms with E-state index in [0.717, 1.165) is 24.9 Å². The van der Waals surface area contributed by atoms with Crippen molar-refractivity contribution in [2.45, 2.75) is 45.6 Å². The minimum absolute atomic E-state index is 0.0466. The number of amidine groups is 1. The highest BCUT2D eigenvalue weighted by Crippen LogP contribution is 2.39. The number of rotatable bonds is 3. The van der Waals surface area contributed by atoms with Gasteiger partial charge in [0, 0.05) is 25.5 Å². The van der Waals surface area contributed by atoms with Gasteiger partial charge in [0.05, 0.1) is 0 Å². The molecule has 3 N–H and O–H groups in total. The molecule has 1 amide bonds. The smallest absolute Gasteiger partial charge is 0.282 e. The van der Waals surface area contributed by atoms with Crippen LogP contribution in [0.5, 0.6) is 0 Å². The standard InChI is InChI=1S/C17H23N3O2/c1-10(2)4-12-5-14(19-11(3)21)6-13-7-17(8-15(12)13)9-22-16(18)20-17/h5-6,10H,4,7-9H2,1-3H3,(H2,18,20)(H,19,21). The molecule has 22 heavy (non-hydrogen) atoms. The highest BCUT2D eigenvalue weighted by atomic mass is 16.5. The minimum Gasteiger partial charge on any atom is -0.463 e. The Morgan fingerprint density at radius 1 is 1.45 bits per heavy atom. The normalized spacial score (nSPS) is 22.6. The molecule has 5 heteroatoms. The fourth-order valence-corrected chi connectivity index (χ4v) is 3.51. The summed E-state index contributed by atoms with van der Waals surface area (Å²) in [5.74, 6) is 0.510. The Morgan fingerprint density at radius 3 is 2.82 bits per heavy atom. The Labute approximate surface area is 130 Å². The maximum absolute atomic E-state index is 11.4. The fraction of sp³-hybridized carbons (Fsp3) is 0.529. The third-order valence-corrected chi connectivity index (χ3v) is 4.24. The van der Waals surface area contributed by atoms with E-state index in [1.807, 2.05) is 0 Å². The molecular formula is C17H23N3O2. The first kappa shape index (κ1) is 14.9. The van der Waals surface area contributed by atoms with Crippen LogP contribution in [0.1, 0.15) is 37.5 Å². The van der Waals surface area contributed by atoms with E-state index in [1.165, 1.54) is 23.6 Å².